The molecular weight excluding hydrogens is 965 g/mol. The first-order valence-corrected chi connectivity index (χ1v) is 22.8. The first-order valence-electron chi connectivity index (χ1n) is 22.8. The van der Waals surface area contributed by atoms with Crippen LogP contribution in [0.5, 0.6) is 0 Å². The molecule has 2 heterocycles. The molecule has 0 unspecified atom stereocenters. The van der Waals surface area contributed by atoms with Crippen molar-refractivity contribution in [2.75, 3.05) is 19.7 Å². The molecule has 0 aliphatic carbocycles. The lowest BCUT2D eigenvalue weighted by Gasteiger charge is -2.26. The van der Waals surface area contributed by atoms with Crippen LogP contribution in [-0.2, 0) is 28.7 Å². The fraction of sp³-hybridized carbons (Fsp3) is 0.321. The molecule has 7 rings (SSSR count). The van der Waals surface area contributed by atoms with Gasteiger partial charge in [0.2, 0.25) is 0 Å². The Kier molecular flexibility index (Phi) is 18.7. The number of fused-ring (bicyclic) bond motifs is 2. The summed E-state index contributed by atoms with van der Waals surface area (Å²) in [6.45, 7) is 9.65. The molecule has 14 nitrogen and oxygen atoms in total. The fourth-order valence-corrected chi connectivity index (χ4v) is 7.66. The van der Waals surface area contributed by atoms with Crippen molar-refractivity contribution >= 4 is 35.8 Å². The molecule has 5 aromatic carbocycles. The van der Waals surface area contributed by atoms with Crippen LogP contribution in [0, 0.1) is 34.9 Å². The Hall–Kier alpha value is -7.58. The molecule has 5 aromatic rings. The molecule has 388 valence electrons. The van der Waals surface area contributed by atoms with Gasteiger partial charge in [-0.1, -0.05) is 24.3 Å². The van der Waals surface area contributed by atoms with Crippen molar-refractivity contribution in [3.05, 3.63) is 177 Å². The van der Waals surface area contributed by atoms with Crippen molar-refractivity contribution in [1.82, 2.24) is 20.4 Å². The molecule has 20 heteroatoms. The molecular formula is C53H55F6N5O9. The summed E-state index contributed by atoms with van der Waals surface area (Å²) < 4.78 is 90.0. The van der Waals surface area contributed by atoms with E-state index < -0.39 is 100 Å². The highest BCUT2D eigenvalue weighted by Crippen LogP contribution is 2.25. The molecule has 0 bridgehead atoms. The van der Waals surface area contributed by atoms with Crippen LogP contribution in [0.3, 0.4) is 0 Å². The van der Waals surface area contributed by atoms with E-state index in [1.54, 1.807) is 90.1 Å². The van der Waals surface area contributed by atoms with Gasteiger partial charge in [0.05, 0.1) is 47.5 Å². The Balaban J connectivity index is 0.000000208. The van der Waals surface area contributed by atoms with E-state index in [0.717, 1.165) is 52.3 Å². The summed E-state index contributed by atoms with van der Waals surface area (Å²) in [7, 11) is 0. The Morgan fingerprint density at radius 1 is 0.507 bits per heavy atom. The molecule has 0 spiro atoms. The molecule has 0 radical (unpaired) electrons. The van der Waals surface area contributed by atoms with Gasteiger partial charge in [0, 0.05) is 30.8 Å². The maximum Gasteiger partial charge on any atom is 0.407 e. The van der Waals surface area contributed by atoms with Crippen LogP contribution in [0.4, 0.5) is 35.9 Å². The number of rotatable bonds is 13. The number of hydrogen-bond donors (Lipinski definition) is 4. The molecule has 5 N–H and O–H groups in total. The minimum absolute atomic E-state index is 0.00945. The average Bonchev–Trinajstić information content (AvgIpc) is 3.64. The van der Waals surface area contributed by atoms with Crippen LogP contribution >= 0.6 is 0 Å². The minimum Gasteiger partial charge on any atom is -0.444 e. The van der Waals surface area contributed by atoms with Gasteiger partial charge in [-0.05, 0) is 138 Å². The Bertz CT molecular complexity index is 2720. The number of benzene rings is 5. The number of carbonyl (C=O) groups is 6. The number of carbonyl (C=O) groups excluding carboxylic acids is 6. The van der Waals surface area contributed by atoms with E-state index in [1.165, 1.54) is 12.1 Å². The Morgan fingerprint density at radius 3 is 1.11 bits per heavy atom. The number of nitrogens with one attached hydrogen (secondary N) is 2. The molecule has 73 heavy (non-hydrogen) atoms. The Morgan fingerprint density at radius 2 is 0.795 bits per heavy atom. The van der Waals surface area contributed by atoms with Gasteiger partial charge in [-0.2, -0.15) is 0 Å². The third kappa shape index (κ3) is 16.7. The van der Waals surface area contributed by atoms with Crippen LogP contribution in [0.15, 0.2) is 103 Å². The van der Waals surface area contributed by atoms with E-state index >= 15 is 0 Å². The summed E-state index contributed by atoms with van der Waals surface area (Å²) in [4.78, 5) is 75.7. The van der Waals surface area contributed by atoms with E-state index in [2.05, 4.69) is 10.6 Å². The first kappa shape index (κ1) is 56.3. The molecule has 3 atom stereocenters. The topological polar surface area (TPSA) is 198 Å². The van der Waals surface area contributed by atoms with Crippen LogP contribution < -0.4 is 16.4 Å². The van der Waals surface area contributed by atoms with Crippen molar-refractivity contribution in [3.8, 4) is 0 Å². The van der Waals surface area contributed by atoms with Crippen LogP contribution in [0.25, 0.3) is 0 Å². The third-order valence-electron chi connectivity index (χ3n) is 10.5. The highest BCUT2D eigenvalue weighted by molar-refractivity contribution is 6.22. The SMILES string of the molecule is CC(C)(C)OC(=O)N[C@@H](Cc1cc(F)cc(F)c1)CN1C(=O)c2ccccc2C1=O.CC(C)(C)OC(=O)N[C@H](CO)Cc1cc(F)cc(F)c1.N[C@@H](Cc1cc(F)cc(F)c1)CN1C(=O)c2ccccc2C1=O. The Labute approximate surface area is 417 Å². The number of nitrogens with two attached hydrogens (primary N) is 1. The van der Waals surface area contributed by atoms with Crippen molar-refractivity contribution in [2.45, 2.75) is 90.1 Å². The van der Waals surface area contributed by atoms with Crippen LogP contribution in [-0.4, -0.2) is 99.7 Å². The summed E-state index contributed by atoms with van der Waals surface area (Å²) in [6, 6.07) is 20.1. The fourth-order valence-electron chi connectivity index (χ4n) is 7.66. The van der Waals surface area contributed by atoms with Gasteiger partial charge >= 0.3 is 12.2 Å². The number of alkyl carbamates (subject to hydrolysis) is 2. The van der Waals surface area contributed by atoms with Gasteiger partial charge in [0.25, 0.3) is 23.6 Å². The zero-order valence-electron chi connectivity index (χ0n) is 40.7. The second-order valence-electron chi connectivity index (χ2n) is 19.1. The van der Waals surface area contributed by atoms with Crippen molar-refractivity contribution in [2.24, 2.45) is 5.73 Å². The lowest BCUT2D eigenvalue weighted by Crippen LogP contribution is -2.48. The van der Waals surface area contributed by atoms with Gasteiger partial charge in [-0.25, -0.2) is 35.9 Å². The molecule has 0 fully saturated rings. The highest BCUT2D eigenvalue weighted by atomic mass is 19.2. The quantitative estimate of drug-likeness (QED) is 0.0659. The van der Waals surface area contributed by atoms with Crippen LogP contribution in [0.1, 0.15) is 99.7 Å². The lowest BCUT2D eigenvalue weighted by molar-refractivity contribution is 0.0466. The van der Waals surface area contributed by atoms with Gasteiger partial charge in [0.1, 0.15) is 46.1 Å². The number of hydrogen-bond acceptors (Lipinski definition) is 10. The predicted molar refractivity (Wildman–Crippen MR) is 255 cm³/mol. The standard InChI is InChI=1S/C22H22F2N2O4.C17H14F2N2O2.C14H19F2NO3/c1-22(2,3)30-21(29)25-16(10-13-8-14(23)11-15(24)9-13)12-26-19(27)17-6-4-5-7-18(17)20(26)28;18-11-5-10(6-12(19)8-11)7-13(20)9-21-16(22)14-3-1-2-4-15(14)17(21)23;1-14(2,3)20-13(19)17-12(8-18)6-9-4-10(15)7-11(16)5-9/h4-9,11,16H,10,12H2,1-3H3,(H,25,29);1-6,8,13H,7,9,20H2;4-5,7,12,18H,6,8H2,1-3H3,(H,17,19)/t16-;13-;12-/m000/s1. The van der Waals surface area contributed by atoms with E-state index in [4.69, 9.17) is 15.2 Å². The number of ether oxygens (including phenoxy) is 2. The van der Waals surface area contributed by atoms with Crippen molar-refractivity contribution in [1.29, 1.82) is 0 Å². The zero-order valence-corrected chi connectivity index (χ0v) is 40.7. The van der Waals surface area contributed by atoms with Gasteiger partial charge in [-0.15, -0.1) is 0 Å². The third-order valence-corrected chi connectivity index (χ3v) is 10.5. The van der Waals surface area contributed by atoms with Crippen molar-refractivity contribution in [3.63, 3.8) is 0 Å². The number of aliphatic hydroxyl groups is 1. The first-order chi connectivity index (χ1) is 34.2. The van der Waals surface area contributed by atoms with Gasteiger partial charge in [0.15, 0.2) is 0 Å². The lowest BCUT2D eigenvalue weighted by atomic mass is 10.0. The van der Waals surface area contributed by atoms with Gasteiger partial charge in [-0.3, -0.25) is 29.0 Å². The monoisotopic (exact) mass is 1020 g/mol. The second kappa shape index (κ2) is 24.2. The summed E-state index contributed by atoms with van der Waals surface area (Å²) in [6.07, 6.45) is -1.21. The number of halogens is 6. The zero-order chi connectivity index (χ0) is 53.9. The largest absolute Gasteiger partial charge is 0.444 e. The number of amides is 6. The number of nitrogens with zero attached hydrogens (tertiary/aromatic N) is 2. The molecule has 0 saturated heterocycles. The predicted octanol–water partition coefficient (Wildman–Crippen LogP) is 8.22. The van der Waals surface area contributed by atoms with Crippen LogP contribution in [0.2, 0.25) is 0 Å². The second-order valence-corrected chi connectivity index (χ2v) is 19.1. The molecule has 6 amide bonds. The molecule has 2 aliphatic rings. The maximum absolute atomic E-state index is 13.6. The summed E-state index contributed by atoms with van der Waals surface area (Å²) in [5.74, 6) is -6.07. The van der Waals surface area contributed by atoms with Gasteiger partial charge < -0.3 is 30.9 Å². The smallest absolute Gasteiger partial charge is 0.407 e. The summed E-state index contributed by atoms with van der Waals surface area (Å²) in [5.41, 5.74) is 6.77. The minimum atomic E-state index is -0.816. The summed E-state index contributed by atoms with van der Waals surface area (Å²) in [5, 5.41) is 14.3. The number of imide groups is 2. The average molecular weight is 1020 g/mol. The van der Waals surface area contributed by atoms with E-state index in [9.17, 15) is 60.2 Å². The maximum atomic E-state index is 13.6. The normalized spacial score (nSPS) is 14.2. The van der Waals surface area contributed by atoms with E-state index in [-0.39, 0.29) is 55.6 Å². The highest BCUT2D eigenvalue weighted by Gasteiger charge is 2.38. The molecule has 0 saturated carbocycles. The number of aliphatic hydroxyl groups excluding tert-OH is 1. The van der Waals surface area contributed by atoms with Crippen molar-refractivity contribution < 1.29 is 69.7 Å². The molecule has 0 aromatic heterocycles. The molecule has 2 aliphatic heterocycles. The van der Waals surface area contributed by atoms with E-state index in [1.807, 2.05) is 0 Å². The summed E-state index contributed by atoms with van der Waals surface area (Å²) >= 11 is 0. The van der Waals surface area contributed by atoms with E-state index in [0.29, 0.717) is 22.3 Å².